The summed E-state index contributed by atoms with van der Waals surface area (Å²) in [6, 6.07) is 8.48. The van der Waals surface area contributed by atoms with Crippen molar-refractivity contribution in [3.63, 3.8) is 0 Å². The summed E-state index contributed by atoms with van der Waals surface area (Å²) < 4.78 is 5.02. The Labute approximate surface area is 98.2 Å². The molecule has 1 nitrogen and oxygen atoms in total. The molecule has 0 aliphatic carbocycles. The average molecular weight is 388 g/mol. The molecular weight excluding hydrogens is 381 g/mol. The van der Waals surface area contributed by atoms with Gasteiger partial charge >= 0.3 is 99.0 Å². The second-order valence-corrected chi connectivity index (χ2v) is 17.2. The number of para-hydroxylation sites is 1. The fourth-order valence-corrected chi connectivity index (χ4v) is 8.08. The molecule has 5 heteroatoms. The van der Waals surface area contributed by atoms with E-state index >= 15 is 0 Å². The van der Waals surface area contributed by atoms with Crippen LogP contribution >= 0.6 is 39.6 Å². The minimum absolute atomic E-state index is 0.909. The van der Waals surface area contributed by atoms with Crippen LogP contribution in [0, 0.1) is 3.51 Å². The van der Waals surface area contributed by atoms with Crippen LogP contribution in [0.25, 0.3) is 10.2 Å². The van der Waals surface area contributed by atoms with E-state index in [1.165, 1.54) is 13.7 Å². The van der Waals surface area contributed by atoms with Crippen LogP contribution in [0.15, 0.2) is 24.3 Å². The van der Waals surface area contributed by atoms with Crippen molar-refractivity contribution in [2.24, 2.45) is 7.05 Å². The number of rotatable bonds is 0. The Morgan fingerprint density at radius 1 is 1.31 bits per heavy atom. The van der Waals surface area contributed by atoms with Gasteiger partial charge in [-0.05, 0) is 0 Å². The van der Waals surface area contributed by atoms with Gasteiger partial charge in [-0.1, -0.05) is 0 Å². The first-order chi connectivity index (χ1) is 6.20. The van der Waals surface area contributed by atoms with E-state index < -0.39 is 9.85 Å². The van der Waals surface area contributed by atoms with Crippen LogP contribution in [0.5, 0.6) is 0 Å². The Hall–Kier alpha value is 0.589. The SMILES string of the molecule is Cn1c(=[Se](Br)Br)sc2ccccc21. The molecule has 0 atom stereocenters. The van der Waals surface area contributed by atoms with Crippen LogP contribution in [-0.2, 0) is 7.05 Å². The van der Waals surface area contributed by atoms with Gasteiger partial charge < -0.3 is 0 Å². The molecule has 0 saturated heterocycles. The topological polar surface area (TPSA) is 4.93 Å². The number of nitrogens with zero attached hydrogens (tertiary/aromatic N) is 1. The number of aromatic nitrogens is 1. The molecule has 1 aromatic heterocycles. The summed E-state index contributed by atoms with van der Waals surface area (Å²) in [4.78, 5) is 0. The molecule has 0 amide bonds. The van der Waals surface area contributed by atoms with E-state index in [-0.39, 0.29) is 0 Å². The van der Waals surface area contributed by atoms with Crippen LogP contribution in [0.2, 0.25) is 0 Å². The molecule has 0 unspecified atom stereocenters. The Kier molecular flexibility index (Phi) is 3.10. The van der Waals surface area contributed by atoms with Crippen molar-refractivity contribution < 1.29 is 0 Å². The number of halogens is 2. The van der Waals surface area contributed by atoms with Gasteiger partial charge in [-0.2, -0.15) is 0 Å². The Morgan fingerprint density at radius 2 is 2.00 bits per heavy atom. The van der Waals surface area contributed by atoms with Crippen molar-refractivity contribution in [2.45, 2.75) is 0 Å². The molecule has 0 bridgehead atoms. The van der Waals surface area contributed by atoms with E-state index in [0.29, 0.717) is 0 Å². The summed E-state index contributed by atoms with van der Waals surface area (Å²) in [5, 5.41) is 0. The number of fused-ring (bicyclic) bond motifs is 1. The van der Waals surface area contributed by atoms with Crippen LogP contribution in [0.3, 0.4) is 0 Å². The predicted octanol–water partition coefficient (Wildman–Crippen LogP) is 3.63. The summed E-state index contributed by atoms with van der Waals surface area (Å²) in [6.45, 7) is 0. The van der Waals surface area contributed by atoms with Crippen molar-refractivity contribution >= 4 is 59.6 Å². The van der Waals surface area contributed by atoms with E-state index in [0.717, 1.165) is 0 Å². The van der Waals surface area contributed by atoms with Gasteiger partial charge in [0.2, 0.25) is 0 Å². The van der Waals surface area contributed by atoms with Gasteiger partial charge in [0, 0.05) is 0 Å². The molecule has 0 saturated carbocycles. The predicted molar refractivity (Wildman–Crippen MR) is 67.6 cm³/mol. The van der Waals surface area contributed by atoms with Crippen LogP contribution in [-0.4, -0.2) is 14.4 Å². The minimum atomic E-state index is -0.909. The van der Waals surface area contributed by atoms with Crippen molar-refractivity contribution in [3.05, 3.63) is 27.8 Å². The van der Waals surface area contributed by atoms with E-state index in [1.54, 1.807) is 0 Å². The van der Waals surface area contributed by atoms with E-state index in [2.05, 4.69) is 64.1 Å². The standard InChI is InChI=1S/C8H7Br2NSSe/c1-11-6-4-2-3-5-7(6)12-8(11)13(9)10/h2-5H,1H3. The molecule has 0 aliphatic rings. The third-order valence-corrected chi connectivity index (χ3v) is 10.8. The summed E-state index contributed by atoms with van der Waals surface area (Å²) in [5.74, 6) is 0. The quantitative estimate of drug-likeness (QED) is 0.608. The molecule has 1 heterocycles. The van der Waals surface area contributed by atoms with Crippen molar-refractivity contribution in [2.75, 3.05) is 0 Å². The Bertz CT molecular complexity index is 510. The second-order valence-electron chi connectivity index (χ2n) is 2.61. The molecule has 13 heavy (non-hydrogen) atoms. The number of thiazole rings is 1. The number of hydrogen-bond donors (Lipinski definition) is 0. The molecular formula is C8H7Br2NSSe. The normalized spacial score (nSPS) is 11.4. The van der Waals surface area contributed by atoms with Crippen LogP contribution in [0.1, 0.15) is 0 Å². The molecule has 1 aromatic carbocycles. The van der Waals surface area contributed by atoms with Crippen molar-refractivity contribution in [1.29, 1.82) is 0 Å². The van der Waals surface area contributed by atoms with Gasteiger partial charge in [-0.15, -0.1) is 0 Å². The number of hydrogen-bond acceptors (Lipinski definition) is 1. The van der Waals surface area contributed by atoms with Gasteiger partial charge in [0.25, 0.3) is 0 Å². The molecule has 0 fully saturated rings. The molecule has 0 N–H and O–H groups in total. The van der Waals surface area contributed by atoms with Gasteiger partial charge in [0.15, 0.2) is 0 Å². The third-order valence-electron chi connectivity index (χ3n) is 1.83. The van der Waals surface area contributed by atoms with E-state index in [1.807, 2.05) is 11.3 Å². The first-order valence-corrected chi connectivity index (χ1v) is 13.3. The third kappa shape index (κ3) is 1.85. The summed E-state index contributed by atoms with van der Waals surface area (Å²) in [5.41, 5.74) is 1.31. The summed E-state index contributed by atoms with van der Waals surface area (Å²) in [7, 11) is 1.21. The maximum absolute atomic E-state index is 3.64. The fourth-order valence-electron chi connectivity index (χ4n) is 1.22. The zero-order chi connectivity index (χ0) is 9.42. The van der Waals surface area contributed by atoms with Gasteiger partial charge in [-0.3, -0.25) is 0 Å². The van der Waals surface area contributed by atoms with Gasteiger partial charge in [0.05, 0.1) is 0 Å². The number of aryl methyl sites for hydroxylation is 1. The first kappa shape index (κ1) is 10.1. The zero-order valence-corrected chi connectivity index (χ0v) is 12.5. The van der Waals surface area contributed by atoms with Gasteiger partial charge in [-0.25, -0.2) is 0 Å². The summed E-state index contributed by atoms with van der Waals surface area (Å²) >= 11 is 9.14. The first-order valence-electron chi connectivity index (χ1n) is 3.64. The maximum atomic E-state index is 3.64. The monoisotopic (exact) mass is 387 g/mol. The van der Waals surface area contributed by atoms with Crippen molar-refractivity contribution in [3.8, 4) is 0 Å². The molecule has 2 rings (SSSR count). The zero-order valence-electron chi connectivity index (χ0n) is 6.83. The van der Waals surface area contributed by atoms with Crippen LogP contribution < -0.4 is 0 Å². The molecule has 0 aliphatic heterocycles. The van der Waals surface area contributed by atoms with Crippen LogP contribution in [0.4, 0.5) is 0 Å². The molecule has 0 radical (unpaired) electrons. The fraction of sp³-hybridized carbons (Fsp3) is 0.125. The van der Waals surface area contributed by atoms with Gasteiger partial charge in [0.1, 0.15) is 0 Å². The second kappa shape index (κ2) is 3.99. The molecule has 0 spiro atoms. The number of benzene rings is 1. The van der Waals surface area contributed by atoms with E-state index in [9.17, 15) is 0 Å². The Morgan fingerprint density at radius 3 is 2.62 bits per heavy atom. The average Bonchev–Trinajstić information content (AvgIpc) is 2.45. The molecule has 70 valence electrons. The van der Waals surface area contributed by atoms with Crippen molar-refractivity contribution in [1.82, 2.24) is 4.57 Å². The van der Waals surface area contributed by atoms with E-state index in [4.69, 9.17) is 0 Å². The Balaban J connectivity index is 2.99. The summed E-state index contributed by atoms with van der Waals surface area (Å²) in [6.07, 6.45) is 0. The molecule has 2 aromatic rings.